The molecule has 1 aliphatic rings. The molecule has 0 amide bonds. The van der Waals surface area contributed by atoms with Crippen LogP contribution in [0.1, 0.15) is 37.8 Å². The quantitative estimate of drug-likeness (QED) is 0.853. The summed E-state index contributed by atoms with van der Waals surface area (Å²) >= 11 is 0. The molecule has 0 bridgehead atoms. The van der Waals surface area contributed by atoms with Crippen LogP contribution in [0, 0.1) is 11.6 Å². The van der Waals surface area contributed by atoms with Gasteiger partial charge in [0.05, 0.1) is 0 Å². The minimum absolute atomic E-state index is 0.161. The lowest BCUT2D eigenvalue weighted by Crippen LogP contribution is -2.42. The zero-order valence-corrected chi connectivity index (χ0v) is 11.6. The molecule has 1 N–H and O–H groups in total. The molecule has 0 aromatic heterocycles. The largest absolute Gasteiger partial charge is 0.309 e. The first kappa shape index (κ1) is 14.4. The van der Waals surface area contributed by atoms with E-state index in [0.717, 1.165) is 12.6 Å². The second kappa shape index (κ2) is 6.44. The summed E-state index contributed by atoms with van der Waals surface area (Å²) in [6.45, 7) is 3.42. The average molecular weight is 268 g/mol. The topological polar surface area (TPSA) is 15.3 Å². The maximum atomic E-state index is 13.9. The van der Waals surface area contributed by atoms with Gasteiger partial charge in [-0.3, -0.25) is 0 Å². The lowest BCUT2D eigenvalue weighted by Gasteiger charge is -2.37. The number of rotatable bonds is 6. The van der Waals surface area contributed by atoms with Gasteiger partial charge in [-0.2, -0.15) is 0 Å². The summed E-state index contributed by atoms with van der Waals surface area (Å²) in [5.74, 6) is -1.50. The Balaban J connectivity index is 2.11. The summed E-state index contributed by atoms with van der Waals surface area (Å²) < 4.78 is 27.2. The van der Waals surface area contributed by atoms with E-state index in [0.29, 0.717) is 18.2 Å². The monoisotopic (exact) mass is 268 g/mol. The van der Waals surface area contributed by atoms with Crippen molar-refractivity contribution in [3.8, 4) is 0 Å². The molecule has 1 aromatic rings. The fourth-order valence-corrected chi connectivity index (χ4v) is 2.57. The number of benzene rings is 1. The van der Waals surface area contributed by atoms with Crippen LogP contribution in [-0.4, -0.2) is 31.1 Å². The zero-order valence-electron chi connectivity index (χ0n) is 11.6. The highest BCUT2D eigenvalue weighted by atomic mass is 19.2. The van der Waals surface area contributed by atoms with Gasteiger partial charge in [-0.05, 0) is 32.5 Å². The van der Waals surface area contributed by atoms with Crippen molar-refractivity contribution in [1.82, 2.24) is 10.2 Å². The molecule has 2 nitrogen and oxygen atoms in total. The van der Waals surface area contributed by atoms with Gasteiger partial charge in [0, 0.05) is 24.2 Å². The van der Waals surface area contributed by atoms with Crippen molar-refractivity contribution < 1.29 is 8.78 Å². The first-order valence-electron chi connectivity index (χ1n) is 7.01. The van der Waals surface area contributed by atoms with Crippen molar-refractivity contribution in [3.05, 3.63) is 35.4 Å². The van der Waals surface area contributed by atoms with E-state index in [4.69, 9.17) is 0 Å². The van der Waals surface area contributed by atoms with Crippen LogP contribution in [0.5, 0.6) is 0 Å². The highest BCUT2D eigenvalue weighted by molar-refractivity contribution is 5.23. The zero-order chi connectivity index (χ0) is 13.8. The second-order valence-electron chi connectivity index (χ2n) is 5.28. The second-order valence-corrected chi connectivity index (χ2v) is 5.28. The molecule has 19 heavy (non-hydrogen) atoms. The van der Waals surface area contributed by atoms with E-state index >= 15 is 0 Å². The van der Waals surface area contributed by atoms with Crippen molar-refractivity contribution in [3.63, 3.8) is 0 Å². The highest BCUT2D eigenvalue weighted by Gasteiger charge is 2.26. The molecule has 1 unspecified atom stereocenters. The third-order valence-electron chi connectivity index (χ3n) is 3.98. The normalized spacial score (nSPS) is 17.5. The van der Waals surface area contributed by atoms with E-state index < -0.39 is 11.6 Å². The van der Waals surface area contributed by atoms with Gasteiger partial charge >= 0.3 is 0 Å². The van der Waals surface area contributed by atoms with Crippen molar-refractivity contribution in [2.75, 3.05) is 20.1 Å². The number of nitrogens with one attached hydrogen (secondary N) is 1. The Kier molecular flexibility index (Phi) is 4.88. The standard InChI is InChI=1S/C15H22F2N2/c1-3-18-14(10-19(2)11-6-4-7-11)12-8-5-9-13(16)15(12)17/h5,8-9,11,14,18H,3-4,6-7,10H2,1-2H3. The summed E-state index contributed by atoms with van der Waals surface area (Å²) in [6, 6.07) is 4.84. The van der Waals surface area contributed by atoms with Gasteiger partial charge in [-0.15, -0.1) is 0 Å². The van der Waals surface area contributed by atoms with Gasteiger partial charge < -0.3 is 10.2 Å². The predicted molar refractivity (Wildman–Crippen MR) is 73.0 cm³/mol. The first-order chi connectivity index (χ1) is 9.13. The SMILES string of the molecule is CCNC(CN(C)C1CCC1)c1cccc(F)c1F. The molecule has 1 aliphatic carbocycles. The van der Waals surface area contributed by atoms with Crippen molar-refractivity contribution in [2.24, 2.45) is 0 Å². The number of hydrogen-bond donors (Lipinski definition) is 1. The number of hydrogen-bond acceptors (Lipinski definition) is 2. The van der Waals surface area contributed by atoms with Gasteiger partial charge in [-0.25, -0.2) is 8.78 Å². The third kappa shape index (κ3) is 3.31. The molecule has 1 saturated carbocycles. The molecule has 2 rings (SSSR count). The molecular weight excluding hydrogens is 246 g/mol. The van der Waals surface area contributed by atoms with E-state index in [-0.39, 0.29) is 6.04 Å². The average Bonchev–Trinajstić information content (AvgIpc) is 2.30. The molecule has 0 spiro atoms. The molecule has 0 radical (unpaired) electrons. The lowest BCUT2D eigenvalue weighted by molar-refractivity contribution is 0.144. The maximum absolute atomic E-state index is 13.9. The van der Waals surface area contributed by atoms with Crippen LogP contribution in [0.4, 0.5) is 8.78 Å². The molecule has 1 fully saturated rings. The molecule has 1 atom stereocenters. The van der Waals surface area contributed by atoms with Crippen LogP contribution in [0.25, 0.3) is 0 Å². The van der Waals surface area contributed by atoms with Crippen molar-refractivity contribution in [1.29, 1.82) is 0 Å². The van der Waals surface area contributed by atoms with Crippen molar-refractivity contribution >= 4 is 0 Å². The summed E-state index contributed by atoms with van der Waals surface area (Å²) in [5, 5.41) is 3.25. The molecule has 0 heterocycles. The summed E-state index contributed by atoms with van der Waals surface area (Å²) in [7, 11) is 2.06. The van der Waals surface area contributed by atoms with Crippen LogP contribution in [0.15, 0.2) is 18.2 Å². The molecule has 1 aromatic carbocycles. The Morgan fingerprint density at radius 3 is 2.68 bits per heavy atom. The minimum atomic E-state index is -0.772. The maximum Gasteiger partial charge on any atom is 0.163 e. The van der Waals surface area contributed by atoms with E-state index in [1.165, 1.54) is 19.3 Å². The Hall–Kier alpha value is -1.00. The van der Waals surface area contributed by atoms with Crippen LogP contribution >= 0.6 is 0 Å². The van der Waals surface area contributed by atoms with Crippen LogP contribution in [-0.2, 0) is 0 Å². The van der Waals surface area contributed by atoms with E-state index in [2.05, 4.69) is 17.3 Å². The Bertz CT molecular complexity index is 419. The van der Waals surface area contributed by atoms with Gasteiger partial charge in [0.15, 0.2) is 11.6 Å². The summed E-state index contributed by atoms with van der Waals surface area (Å²) in [4.78, 5) is 2.25. The van der Waals surface area contributed by atoms with E-state index in [1.54, 1.807) is 12.1 Å². The molecule has 0 aliphatic heterocycles. The minimum Gasteiger partial charge on any atom is -0.309 e. The summed E-state index contributed by atoms with van der Waals surface area (Å²) in [5.41, 5.74) is 0.424. The fraction of sp³-hybridized carbons (Fsp3) is 0.600. The molecule has 106 valence electrons. The number of likely N-dealkylation sites (N-methyl/N-ethyl adjacent to an activating group) is 2. The van der Waals surface area contributed by atoms with Gasteiger partial charge in [0.1, 0.15) is 0 Å². The summed E-state index contributed by atoms with van der Waals surface area (Å²) in [6.07, 6.45) is 3.69. The fourth-order valence-electron chi connectivity index (χ4n) is 2.57. The van der Waals surface area contributed by atoms with Gasteiger partial charge in [-0.1, -0.05) is 25.5 Å². The molecule has 4 heteroatoms. The van der Waals surface area contributed by atoms with Crippen LogP contribution < -0.4 is 5.32 Å². The Morgan fingerprint density at radius 1 is 1.37 bits per heavy atom. The number of nitrogens with zero attached hydrogens (tertiary/aromatic N) is 1. The van der Waals surface area contributed by atoms with E-state index in [9.17, 15) is 8.78 Å². The Labute approximate surface area is 113 Å². The third-order valence-corrected chi connectivity index (χ3v) is 3.98. The van der Waals surface area contributed by atoms with Crippen LogP contribution in [0.2, 0.25) is 0 Å². The van der Waals surface area contributed by atoms with Gasteiger partial charge in [0.25, 0.3) is 0 Å². The molecule has 0 saturated heterocycles. The van der Waals surface area contributed by atoms with Crippen LogP contribution in [0.3, 0.4) is 0 Å². The lowest BCUT2D eigenvalue weighted by atomic mass is 9.91. The first-order valence-corrected chi connectivity index (χ1v) is 7.01. The Morgan fingerprint density at radius 2 is 2.11 bits per heavy atom. The molecular formula is C15H22F2N2. The predicted octanol–water partition coefficient (Wildman–Crippen LogP) is 3.10. The van der Waals surface area contributed by atoms with E-state index in [1.807, 2.05) is 6.92 Å². The van der Waals surface area contributed by atoms with Crippen molar-refractivity contribution in [2.45, 2.75) is 38.3 Å². The van der Waals surface area contributed by atoms with Gasteiger partial charge in [0.2, 0.25) is 0 Å². The smallest absolute Gasteiger partial charge is 0.163 e. The highest BCUT2D eigenvalue weighted by Crippen LogP contribution is 2.26. The number of halogens is 2.